The molecule has 0 fully saturated rings. The molecule has 0 bridgehead atoms. The zero-order valence-corrected chi connectivity index (χ0v) is 14.4. The van der Waals surface area contributed by atoms with Gasteiger partial charge in [0.25, 0.3) is 0 Å². The lowest BCUT2D eigenvalue weighted by atomic mass is 10.1. The maximum Gasteiger partial charge on any atom is 0.221 e. The van der Waals surface area contributed by atoms with E-state index in [9.17, 15) is 0 Å². The Hall–Kier alpha value is -3.39. The monoisotopic (exact) mass is 337 g/mol. The number of fused-ring (bicyclic) bond motifs is 1. The molecule has 0 unspecified atom stereocenters. The molecule has 2 nitrogen and oxygen atoms in total. The number of aliphatic imine (C=N–C) groups is 1. The van der Waals surface area contributed by atoms with Crippen LogP contribution in [0.25, 0.3) is 10.8 Å². The Bertz CT molecular complexity index is 1020. The third-order valence-electron chi connectivity index (χ3n) is 4.23. The molecule has 0 amide bonds. The zero-order chi connectivity index (χ0) is 17.6. The molecule has 4 rings (SSSR count). The summed E-state index contributed by atoms with van der Waals surface area (Å²) in [7, 11) is 0. The van der Waals surface area contributed by atoms with Gasteiger partial charge in [-0.1, -0.05) is 84.9 Å². The van der Waals surface area contributed by atoms with Crippen molar-refractivity contribution in [3.05, 3.63) is 114 Å². The zero-order valence-electron chi connectivity index (χ0n) is 14.4. The van der Waals surface area contributed by atoms with E-state index in [2.05, 4.69) is 30.3 Å². The lowest BCUT2D eigenvalue weighted by molar-refractivity contribution is 0.294. The van der Waals surface area contributed by atoms with Crippen LogP contribution in [0.3, 0.4) is 0 Å². The molecular formula is C24H19NO. The molecule has 0 aromatic heterocycles. The van der Waals surface area contributed by atoms with Gasteiger partial charge in [-0.25, -0.2) is 4.99 Å². The summed E-state index contributed by atoms with van der Waals surface area (Å²) >= 11 is 0. The van der Waals surface area contributed by atoms with Crippen LogP contribution in [0.4, 0.5) is 5.69 Å². The summed E-state index contributed by atoms with van der Waals surface area (Å²) in [4.78, 5) is 4.87. The van der Waals surface area contributed by atoms with Gasteiger partial charge in [0, 0.05) is 10.9 Å². The lowest BCUT2D eigenvalue weighted by Gasteiger charge is -2.11. The third-order valence-corrected chi connectivity index (χ3v) is 4.23. The van der Waals surface area contributed by atoms with Gasteiger partial charge < -0.3 is 4.74 Å². The molecule has 0 aliphatic rings. The van der Waals surface area contributed by atoms with E-state index < -0.39 is 0 Å². The summed E-state index contributed by atoms with van der Waals surface area (Å²) in [5.74, 6) is 0.630. The van der Waals surface area contributed by atoms with Crippen LogP contribution in [-0.2, 0) is 11.3 Å². The van der Waals surface area contributed by atoms with Crippen LogP contribution in [0.2, 0.25) is 0 Å². The smallest absolute Gasteiger partial charge is 0.221 e. The molecule has 0 aliphatic heterocycles. The second-order valence-corrected chi connectivity index (χ2v) is 6.06. The Balaban J connectivity index is 1.73. The van der Waals surface area contributed by atoms with Crippen molar-refractivity contribution in [2.75, 3.05) is 0 Å². The Morgan fingerprint density at radius 3 is 2.12 bits per heavy atom. The molecule has 4 aromatic carbocycles. The normalized spacial score (nSPS) is 11.5. The molecule has 4 aromatic rings. The van der Waals surface area contributed by atoms with Crippen LogP contribution in [0, 0.1) is 0 Å². The fourth-order valence-electron chi connectivity index (χ4n) is 2.90. The number of ether oxygens (including phenoxy) is 1. The minimum absolute atomic E-state index is 0.485. The standard InChI is InChI=1S/C24H19NO/c1-3-10-19(11-4-1)18-26-24(21-13-5-2-6-14-21)25-23-17-9-15-20-12-7-8-16-22(20)23/h1-17H,18H2. The first-order chi connectivity index (χ1) is 12.9. The second-order valence-electron chi connectivity index (χ2n) is 6.06. The molecule has 26 heavy (non-hydrogen) atoms. The van der Waals surface area contributed by atoms with Gasteiger partial charge in [-0.05, 0) is 29.1 Å². The molecule has 0 saturated heterocycles. The van der Waals surface area contributed by atoms with Crippen molar-refractivity contribution in [2.45, 2.75) is 6.61 Å². The van der Waals surface area contributed by atoms with Crippen molar-refractivity contribution < 1.29 is 4.74 Å². The van der Waals surface area contributed by atoms with Gasteiger partial charge in [0.2, 0.25) is 5.90 Å². The minimum Gasteiger partial charge on any atom is -0.472 e. The fraction of sp³-hybridized carbons (Fsp3) is 0.0417. The first-order valence-corrected chi connectivity index (χ1v) is 8.69. The number of nitrogens with zero attached hydrogens (tertiary/aromatic N) is 1. The first-order valence-electron chi connectivity index (χ1n) is 8.69. The van der Waals surface area contributed by atoms with E-state index in [0.717, 1.165) is 22.2 Å². The molecule has 0 spiro atoms. The van der Waals surface area contributed by atoms with E-state index in [1.165, 1.54) is 5.39 Å². The highest BCUT2D eigenvalue weighted by molar-refractivity contribution is 6.00. The lowest BCUT2D eigenvalue weighted by Crippen LogP contribution is -2.06. The van der Waals surface area contributed by atoms with Gasteiger partial charge in [0.15, 0.2) is 0 Å². The molecule has 2 heteroatoms. The van der Waals surface area contributed by atoms with E-state index in [-0.39, 0.29) is 0 Å². The Morgan fingerprint density at radius 2 is 1.31 bits per heavy atom. The van der Waals surface area contributed by atoms with Crippen molar-refractivity contribution in [3.8, 4) is 0 Å². The third kappa shape index (κ3) is 3.65. The van der Waals surface area contributed by atoms with E-state index in [1.54, 1.807) is 0 Å². The van der Waals surface area contributed by atoms with Gasteiger partial charge in [-0.3, -0.25) is 0 Å². The van der Waals surface area contributed by atoms with E-state index in [4.69, 9.17) is 9.73 Å². The van der Waals surface area contributed by atoms with Gasteiger partial charge in [-0.2, -0.15) is 0 Å². The highest BCUT2D eigenvalue weighted by atomic mass is 16.5. The quantitative estimate of drug-likeness (QED) is 0.324. The van der Waals surface area contributed by atoms with Gasteiger partial charge in [0.05, 0.1) is 5.69 Å². The molecule has 126 valence electrons. The van der Waals surface area contributed by atoms with Crippen LogP contribution in [-0.4, -0.2) is 5.90 Å². The Labute approximate surface area is 153 Å². The molecule has 0 aliphatic carbocycles. The first kappa shape index (κ1) is 16.1. The molecular weight excluding hydrogens is 318 g/mol. The van der Waals surface area contributed by atoms with Crippen LogP contribution < -0.4 is 0 Å². The molecule has 0 heterocycles. The Morgan fingerprint density at radius 1 is 0.654 bits per heavy atom. The van der Waals surface area contributed by atoms with Crippen LogP contribution in [0.1, 0.15) is 11.1 Å². The summed E-state index contributed by atoms with van der Waals surface area (Å²) < 4.78 is 6.12. The van der Waals surface area contributed by atoms with Crippen molar-refractivity contribution >= 4 is 22.4 Å². The van der Waals surface area contributed by atoms with E-state index in [1.807, 2.05) is 72.8 Å². The average Bonchev–Trinajstić information content (AvgIpc) is 2.72. The summed E-state index contributed by atoms with van der Waals surface area (Å²) in [6.45, 7) is 0.485. The summed E-state index contributed by atoms with van der Waals surface area (Å²) in [6, 6.07) is 34.6. The summed E-state index contributed by atoms with van der Waals surface area (Å²) in [6.07, 6.45) is 0. The largest absolute Gasteiger partial charge is 0.472 e. The number of hydrogen-bond acceptors (Lipinski definition) is 2. The topological polar surface area (TPSA) is 21.6 Å². The highest BCUT2D eigenvalue weighted by Crippen LogP contribution is 2.26. The van der Waals surface area contributed by atoms with Crippen LogP contribution in [0.15, 0.2) is 108 Å². The van der Waals surface area contributed by atoms with Crippen LogP contribution >= 0.6 is 0 Å². The maximum absolute atomic E-state index is 6.12. The van der Waals surface area contributed by atoms with Crippen molar-refractivity contribution in [1.82, 2.24) is 0 Å². The number of rotatable bonds is 4. The molecule has 0 atom stereocenters. The maximum atomic E-state index is 6.12. The summed E-state index contributed by atoms with van der Waals surface area (Å²) in [5, 5.41) is 2.29. The predicted octanol–water partition coefficient (Wildman–Crippen LogP) is 6.13. The molecule has 0 radical (unpaired) electrons. The van der Waals surface area contributed by atoms with E-state index >= 15 is 0 Å². The van der Waals surface area contributed by atoms with E-state index in [0.29, 0.717) is 12.5 Å². The fourth-order valence-corrected chi connectivity index (χ4v) is 2.90. The predicted molar refractivity (Wildman–Crippen MR) is 108 cm³/mol. The second kappa shape index (κ2) is 7.66. The minimum atomic E-state index is 0.485. The average molecular weight is 337 g/mol. The van der Waals surface area contributed by atoms with Gasteiger partial charge in [0.1, 0.15) is 6.61 Å². The SMILES string of the molecule is c1ccc(COC(=Nc2cccc3ccccc23)c2ccccc2)cc1. The van der Waals surface area contributed by atoms with Gasteiger partial charge >= 0.3 is 0 Å². The summed E-state index contributed by atoms with van der Waals surface area (Å²) in [5.41, 5.74) is 3.00. The molecule has 0 N–H and O–H groups in total. The van der Waals surface area contributed by atoms with Crippen molar-refractivity contribution in [2.24, 2.45) is 4.99 Å². The number of benzene rings is 4. The Kier molecular flexibility index (Phi) is 4.74. The molecule has 0 saturated carbocycles. The van der Waals surface area contributed by atoms with Crippen molar-refractivity contribution in [1.29, 1.82) is 0 Å². The highest BCUT2D eigenvalue weighted by Gasteiger charge is 2.07. The van der Waals surface area contributed by atoms with Crippen LogP contribution in [0.5, 0.6) is 0 Å². The van der Waals surface area contributed by atoms with Gasteiger partial charge in [-0.15, -0.1) is 0 Å². The van der Waals surface area contributed by atoms with Crippen molar-refractivity contribution in [3.63, 3.8) is 0 Å². The number of hydrogen-bond donors (Lipinski definition) is 0.